The Labute approximate surface area is 143 Å². The fraction of sp³-hybridized carbons (Fsp3) is 0.368. The summed E-state index contributed by atoms with van der Waals surface area (Å²) in [5, 5.41) is 12.2. The molecule has 1 aromatic carbocycles. The highest BCUT2D eigenvalue weighted by Crippen LogP contribution is 2.14. The highest BCUT2D eigenvalue weighted by Gasteiger charge is 2.08. The number of nitrogens with zero attached hydrogens (tertiary/aromatic N) is 4. The zero-order valence-electron chi connectivity index (χ0n) is 14.6. The second-order valence-corrected chi connectivity index (χ2v) is 6.39. The van der Waals surface area contributed by atoms with Gasteiger partial charge in [-0.1, -0.05) is 12.1 Å². The molecule has 0 radical (unpaired) electrons. The molecule has 0 aliphatic rings. The van der Waals surface area contributed by atoms with Crippen LogP contribution in [0.15, 0.2) is 55.1 Å². The lowest BCUT2D eigenvalue weighted by Crippen LogP contribution is -2.21. The fourth-order valence-corrected chi connectivity index (χ4v) is 2.65. The van der Waals surface area contributed by atoms with E-state index in [1.807, 2.05) is 27.8 Å². The zero-order valence-corrected chi connectivity index (χ0v) is 14.6. The van der Waals surface area contributed by atoms with Crippen molar-refractivity contribution in [3.05, 3.63) is 66.2 Å². The van der Waals surface area contributed by atoms with E-state index in [1.54, 1.807) is 6.20 Å². The summed E-state index contributed by atoms with van der Waals surface area (Å²) < 4.78 is 3.87. The lowest BCUT2D eigenvalue weighted by Gasteiger charge is -2.12. The number of hydrogen-bond donors (Lipinski definition) is 1. The van der Waals surface area contributed by atoms with Gasteiger partial charge in [-0.05, 0) is 57.5 Å². The molecule has 2 heterocycles. The van der Waals surface area contributed by atoms with Gasteiger partial charge in [-0.3, -0.25) is 4.68 Å². The van der Waals surface area contributed by atoms with Crippen molar-refractivity contribution >= 4 is 0 Å². The van der Waals surface area contributed by atoms with Crippen molar-refractivity contribution in [3.8, 4) is 5.69 Å². The largest absolute Gasteiger partial charge is 0.310 e. The lowest BCUT2D eigenvalue weighted by molar-refractivity contribution is 0.529. The minimum absolute atomic E-state index is 0.306. The first-order valence-corrected chi connectivity index (χ1v) is 8.50. The second-order valence-electron chi connectivity index (χ2n) is 6.39. The van der Waals surface area contributed by atoms with Crippen LogP contribution in [0.4, 0.5) is 0 Å². The van der Waals surface area contributed by atoms with E-state index in [1.165, 1.54) is 11.1 Å². The highest BCUT2D eigenvalue weighted by molar-refractivity contribution is 5.33. The van der Waals surface area contributed by atoms with E-state index < -0.39 is 0 Å². The summed E-state index contributed by atoms with van der Waals surface area (Å²) in [6.45, 7) is 7.40. The van der Waals surface area contributed by atoms with Crippen molar-refractivity contribution in [2.45, 2.75) is 39.3 Å². The van der Waals surface area contributed by atoms with E-state index in [4.69, 9.17) is 0 Å². The number of benzene rings is 1. The molecule has 0 fully saturated rings. The summed E-state index contributed by atoms with van der Waals surface area (Å²) in [4.78, 5) is 0. The summed E-state index contributed by atoms with van der Waals surface area (Å²) in [7, 11) is 0. The third kappa shape index (κ3) is 3.92. The smallest absolute Gasteiger partial charge is 0.0645 e. The predicted molar refractivity (Wildman–Crippen MR) is 96.3 cm³/mol. The van der Waals surface area contributed by atoms with Gasteiger partial charge in [0.25, 0.3) is 0 Å². The summed E-state index contributed by atoms with van der Waals surface area (Å²) >= 11 is 0. The standard InChI is InChI=1S/C19H25N5/c1-15(2)24-14-18(13-22-24)16(3)20-11-9-17-5-7-19(8-6-17)23-12-4-10-21-23/h4-8,10,12-16,20H,9,11H2,1-3H3. The molecular formula is C19H25N5. The van der Waals surface area contributed by atoms with Gasteiger partial charge in [0, 0.05) is 36.2 Å². The van der Waals surface area contributed by atoms with Crippen LogP contribution in [0.5, 0.6) is 0 Å². The van der Waals surface area contributed by atoms with Gasteiger partial charge in [0.15, 0.2) is 0 Å². The molecule has 1 atom stereocenters. The van der Waals surface area contributed by atoms with Crippen molar-refractivity contribution in [2.75, 3.05) is 6.54 Å². The Balaban J connectivity index is 1.50. The molecule has 0 spiro atoms. The van der Waals surface area contributed by atoms with Crippen molar-refractivity contribution in [1.82, 2.24) is 24.9 Å². The highest BCUT2D eigenvalue weighted by atomic mass is 15.3. The summed E-state index contributed by atoms with van der Waals surface area (Å²) in [6.07, 6.45) is 8.83. The van der Waals surface area contributed by atoms with Crippen LogP contribution in [0.2, 0.25) is 0 Å². The molecule has 0 saturated carbocycles. The number of aromatic nitrogens is 4. The lowest BCUT2D eigenvalue weighted by atomic mass is 10.1. The molecule has 1 unspecified atom stereocenters. The molecule has 0 amide bonds. The fourth-order valence-electron chi connectivity index (χ4n) is 2.65. The summed E-state index contributed by atoms with van der Waals surface area (Å²) in [5.41, 5.74) is 3.65. The Kier molecular flexibility index (Phi) is 5.11. The molecule has 0 aliphatic carbocycles. The predicted octanol–water partition coefficient (Wildman–Crippen LogP) is 3.54. The Bertz CT molecular complexity index is 740. The first-order chi connectivity index (χ1) is 11.6. The number of nitrogens with one attached hydrogen (secondary N) is 1. The monoisotopic (exact) mass is 323 g/mol. The maximum absolute atomic E-state index is 4.41. The molecule has 24 heavy (non-hydrogen) atoms. The van der Waals surface area contributed by atoms with Gasteiger partial charge in [0.2, 0.25) is 0 Å². The van der Waals surface area contributed by atoms with E-state index in [0.717, 1.165) is 18.7 Å². The Morgan fingerprint density at radius 2 is 1.88 bits per heavy atom. The Morgan fingerprint density at radius 3 is 2.50 bits per heavy atom. The minimum Gasteiger partial charge on any atom is -0.310 e. The van der Waals surface area contributed by atoms with Gasteiger partial charge in [-0.15, -0.1) is 0 Å². The van der Waals surface area contributed by atoms with E-state index >= 15 is 0 Å². The molecule has 1 N–H and O–H groups in total. The van der Waals surface area contributed by atoms with Gasteiger partial charge in [0.05, 0.1) is 11.9 Å². The molecule has 0 bridgehead atoms. The van der Waals surface area contributed by atoms with Crippen LogP contribution in [0, 0.1) is 0 Å². The van der Waals surface area contributed by atoms with Crippen LogP contribution in [0.3, 0.4) is 0 Å². The maximum Gasteiger partial charge on any atom is 0.0645 e. The number of hydrogen-bond acceptors (Lipinski definition) is 3. The van der Waals surface area contributed by atoms with Crippen molar-refractivity contribution < 1.29 is 0 Å². The molecular weight excluding hydrogens is 298 g/mol. The average molecular weight is 323 g/mol. The average Bonchev–Trinajstić information content (AvgIpc) is 3.27. The molecule has 3 aromatic rings. The van der Waals surface area contributed by atoms with Gasteiger partial charge >= 0.3 is 0 Å². The third-order valence-electron chi connectivity index (χ3n) is 4.22. The van der Waals surface area contributed by atoms with Crippen LogP contribution in [-0.4, -0.2) is 26.1 Å². The van der Waals surface area contributed by atoms with Crippen molar-refractivity contribution in [3.63, 3.8) is 0 Å². The topological polar surface area (TPSA) is 47.7 Å². The molecule has 126 valence electrons. The Morgan fingerprint density at radius 1 is 1.08 bits per heavy atom. The van der Waals surface area contributed by atoms with Crippen molar-refractivity contribution in [1.29, 1.82) is 0 Å². The van der Waals surface area contributed by atoms with Crippen LogP contribution in [0.25, 0.3) is 5.69 Å². The first-order valence-electron chi connectivity index (χ1n) is 8.50. The van der Waals surface area contributed by atoms with Crippen LogP contribution < -0.4 is 5.32 Å². The first kappa shape index (κ1) is 16.5. The normalized spacial score (nSPS) is 12.7. The minimum atomic E-state index is 0.306. The molecule has 0 aliphatic heterocycles. The van der Waals surface area contributed by atoms with E-state index in [9.17, 15) is 0 Å². The molecule has 5 nitrogen and oxygen atoms in total. The SMILES string of the molecule is CC(NCCc1ccc(-n2cccn2)cc1)c1cnn(C(C)C)c1. The quantitative estimate of drug-likeness (QED) is 0.723. The second kappa shape index (κ2) is 7.45. The van der Waals surface area contributed by atoms with Crippen molar-refractivity contribution in [2.24, 2.45) is 0 Å². The van der Waals surface area contributed by atoms with Crippen LogP contribution >= 0.6 is 0 Å². The van der Waals surface area contributed by atoms with Gasteiger partial charge in [0.1, 0.15) is 0 Å². The Hall–Kier alpha value is -2.40. The van der Waals surface area contributed by atoms with E-state index in [2.05, 4.69) is 66.7 Å². The summed E-state index contributed by atoms with van der Waals surface area (Å²) in [6, 6.07) is 11.2. The van der Waals surface area contributed by atoms with Gasteiger partial charge in [-0.25, -0.2) is 4.68 Å². The molecule has 5 heteroatoms. The molecule has 0 saturated heterocycles. The maximum atomic E-state index is 4.41. The van der Waals surface area contributed by atoms with Gasteiger partial charge in [-0.2, -0.15) is 10.2 Å². The third-order valence-corrected chi connectivity index (χ3v) is 4.22. The van der Waals surface area contributed by atoms with E-state index in [-0.39, 0.29) is 0 Å². The molecule has 3 rings (SSSR count). The van der Waals surface area contributed by atoms with E-state index in [0.29, 0.717) is 12.1 Å². The number of rotatable bonds is 7. The van der Waals surface area contributed by atoms with Gasteiger partial charge < -0.3 is 5.32 Å². The van der Waals surface area contributed by atoms with Crippen LogP contribution in [-0.2, 0) is 6.42 Å². The zero-order chi connectivity index (χ0) is 16.9. The summed E-state index contributed by atoms with van der Waals surface area (Å²) in [5.74, 6) is 0. The molecule has 2 aromatic heterocycles. The van der Waals surface area contributed by atoms with Crippen LogP contribution in [0.1, 0.15) is 44.0 Å².